The predicted molar refractivity (Wildman–Crippen MR) is 61.6 cm³/mol. The molecule has 100 valence electrons. The van der Waals surface area contributed by atoms with Crippen molar-refractivity contribution < 1.29 is 18.8 Å². The fourth-order valence-corrected chi connectivity index (χ4v) is 1.41. The molecule has 0 aliphatic rings. The van der Waals surface area contributed by atoms with Gasteiger partial charge < -0.3 is 10.4 Å². The third-order valence-corrected chi connectivity index (χ3v) is 2.41. The number of nitro benzene ring substituents is 1. The second kappa shape index (κ2) is 5.83. The van der Waals surface area contributed by atoms with Crippen molar-refractivity contribution in [1.82, 2.24) is 5.32 Å². The average molecular weight is 260 g/mol. The maximum Gasteiger partial charge on any atom is 0.282 e. The molecule has 0 saturated heterocycles. The van der Waals surface area contributed by atoms with E-state index in [9.17, 15) is 18.9 Å². The number of nitro groups is 1. The summed E-state index contributed by atoms with van der Waals surface area (Å²) in [4.78, 5) is 10.2. The highest BCUT2D eigenvalue weighted by Crippen LogP contribution is 2.19. The number of benzene rings is 1. The highest BCUT2D eigenvalue weighted by atomic mass is 19.3. The Hall–Kier alpha value is -1.60. The number of aryl methyl sites for hydroxylation is 1. The second-order valence-electron chi connectivity index (χ2n) is 4.00. The van der Waals surface area contributed by atoms with Crippen LogP contribution in [0.1, 0.15) is 11.1 Å². The van der Waals surface area contributed by atoms with Gasteiger partial charge in [-0.2, -0.15) is 0 Å². The van der Waals surface area contributed by atoms with Crippen LogP contribution in [0.2, 0.25) is 0 Å². The quantitative estimate of drug-likeness (QED) is 0.602. The van der Waals surface area contributed by atoms with Gasteiger partial charge in [0.25, 0.3) is 11.6 Å². The molecule has 0 atom stereocenters. The van der Waals surface area contributed by atoms with Crippen molar-refractivity contribution in [3.63, 3.8) is 0 Å². The molecule has 0 bridgehead atoms. The predicted octanol–water partition coefficient (Wildman–Crippen LogP) is 1.62. The summed E-state index contributed by atoms with van der Waals surface area (Å²) in [6, 6.07) is 4.55. The van der Waals surface area contributed by atoms with Gasteiger partial charge in [-0.15, -0.1) is 0 Å². The fraction of sp³-hybridized carbons (Fsp3) is 0.455. The van der Waals surface area contributed by atoms with Crippen molar-refractivity contribution in [2.24, 2.45) is 0 Å². The van der Waals surface area contributed by atoms with E-state index in [1.165, 1.54) is 6.07 Å². The lowest BCUT2D eigenvalue weighted by atomic mass is 10.1. The van der Waals surface area contributed by atoms with E-state index < -0.39 is 24.0 Å². The van der Waals surface area contributed by atoms with Gasteiger partial charge in [0.1, 0.15) is 6.61 Å². The van der Waals surface area contributed by atoms with Crippen molar-refractivity contribution in [3.05, 3.63) is 39.4 Å². The van der Waals surface area contributed by atoms with Crippen molar-refractivity contribution in [2.45, 2.75) is 19.4 Å². The Labute approximate surface area is 103 Å². The maximum absolute atomic E-state index is 12.7. The topological polar surface area (TPSA) is 75.4 Å². The van der Waals surface area contributed by atoms with Gasteiger partial charge in [-0.05, 0) is 12.5 Å². The minimum absolute atomic E-state index is 0.0387. The first kappa shape index (κ1) is 14.5. The van der Waals surface area contributed by atoms with Gasteiger partial charge in [-0.3, -0.25) is 10.1 Å². The highest BCUT2D eigenvalue weighted by molar-refractivity contribution is 5.42. The lowest BCUT2D eigenvalue weighted by molar-refractivity contribution is -0.385. The molecule has 5 nitrogen and oxygen atoms in total. The number of hydrogen-bond acceptors (Lipinski definition) is 4. The van der Waals surface area contributed by atoms with E-state index in [1.54, 1.807) is 19.1 Å². The largest absolute Gasteiger partial charge is 0.390 e. The van der Waals surface area contributed by atoms with Crippen LogP contribution < -0.4 is 5.32 Å². The summed E-state index contributed by atoms with van der Waals surface area (Å²) in [6.07, 6.45) is 0. The Morgan fingerprint density at radius 1 is 1.50 bits per heavy atom. The van der Waals surface area contributed by atoms with Crippen LogP contribution in [0, 0.1) is 17.0 Å². The van der Waals surface area contributed by atoms with Gasteiger partial charge in [-0.1, -0.05) is 12.1 Å². The molecule has 0 heterocycles. The lowest BCUT2D eigenvalue weighted by Crippen LogP contribution is -2.35. The molecule has 1 aromatic carbocycles. The standard InChI is InChI=1S/C11H14F2N2O3/c1-8-2-3-9(4-10(8)15(17)18)5-14-6-11(12,13)7-16/h2-4,14,16H,5-7H2,1H3. The Kier molecular flexibility index (Phi) is 4.69. The number of nitrogens with one attached hydrogen (secondary N) is 1. The van der Waals surface area contributed by atoms with Crippen molar-refractivity contribution in [2.75, 3.05) is 13.2 Å². The number of aliphatic hydroxyl groups excluding tert-OH is 1. The van der Waals surface area contributed by atoms with E-state index in [2.05, 4.69) is 5.32 Å². The first-order valence-corrected chi connectivity index (χ1v) is 5.29. The summed E-state index contributed by atoms with van der Waals surface area (Å²) in [5.74, 6) is -3.18. The molecule has 0 amide bonds. The molecule has 0 aliphatic carbocycles. The monoisotopic (exact) mass is 260 g/mol. The highest BCUT2D eigenvalue weighted by Gasteiger charge is 2.26. The molecule has 0 aromatic heterocycles. The third kappa shape index (κ3) is 4.01. The van der Waals surface area contributed by atoms with E-state index in [1.807, 2.05) is 0 Å². The average Bonchev–Trinajstić information content (AvgIpc) is 2.31. The first-order chi connectivity index (χ1) is 8.35. The SMILES string of the molecule is Cc1ccc(CNCC(F)(F)CO)cc1[N+](=O)[O-]. The summed E-state index contributed by atoms with van der Waals surface area (Å²) in [5, 5.41) is 21.5. The smallest absolute Gasteiger partial charge is 0.282 e. The van der Waals surface area contributed by atoms with Crippen LogP contribution in [-0.4, -0.2) is 29.1 Å². The Morgan fingerprint density at radius 2 is 2.17 bits per heavy atom. The van der Waals surface area contributed by atoms with Crippen LogP contribution in [-0.2, 0) is 6.54 Å². The van der Waals surface area contributed by atoms with E-state index in [-0.39, 0.29) is 12.2 Å². The molecule has 0 unspecified atom stereocenters. The van der Waals surface area contributed by atoms with Gasteiger partial charge in [-0.25, -0.2) is 8.78 Å². The van der Waals surface area contributed by atoms with Gasteiger partial charge >= 0.3 is 0 Å². The van der Waals surface area contributed by atoms with Crippen molar-refractivity contribution >= 4 is 5.69 Å². The maximum atomic E-state index is 12.7. The molecule has 1 rings (SSSR count). The van der Waals surface area contributed by atoms with E-state index in [0.29, 0.717) is 11.1 Å². The van der Waals surface area contributed by atoms with E-state index in [0.717, 1.165) is 0 Å². The van der Waals surface area contributed by atoms with Gasteiger partial charge in [0, 0.05) is 18.2 Å². The number of halogens is 2. The fourth-order valence-electron chi connectivity index (χ4n) is 1.41. The van der Waals surface area contributed by atoms with Crippen LogP contribution in [0.5, 0.6) is 0 Å². The molecule has 18 heavy (non-hydrogen) atoms. The Balaban J connectivity index is 2.64. The first-order valence-electron chi connectivity index (χ1n) is 5.29. The van der Waals surface area contributed by atoms with Crippen LogP contribution in [0.15, 0.2) is 18.2 Å². The zero-order chi connectivity index (χ0) is 13.8. The Morgan fingerprint density at radius 3 is 2.72 bits per heavy atom. The van der Waals surface area contributed by atoms with E-state index >= 15 is 0 Å². The minimum Gasteiger partial charge on any atom is -0.390 e. The molecule has 0 spiro atoms. The number of alkyl halides is 2. The molecule has 1 aromatic rings. The number of aliphatic hydroxyl groups is 1. The van der Waals surface area contributed by atoms with Crippen molar-refractivity contribution in [1.29, 1.82) is 0 Å². The lowest BCUT2D eigenvalue weighted by Gasteiger charge is -2.13. The minimum atomic E-state index is -3.18. The molecule has 0 fully saturated rings. The molecule has 0 aliphatic heterocycles. The second-order valence-corrected chi connectivity index (χ2v) is 4.00. The van der Waals surface area contributed by atoms with Crippen LogP contribution in [0.4, 0.5) is 14.5 Å². The number of nitrogens with zero attached hydrogens (tertiary/aromatic N) is 1. The van der Waals surface area contributed by atoms with E-state index in [4.69, 9.17) is 5.11 Å². The van der Waals surface area contributed by atoms with Crippen LogP contribution in [0.3, 0.4) is 0 Å². The molecule has 2 N–H and O–H groups in total. The van der Waals surface area contributed by atoms with Gasteiger partial charge in [0.05, 0.1) is 11.5 Å². The summed E-state index contributed by atoms with van der Waals surface area (Å²) >= 11 is 0. The molecular weight excluding hydrogens is 246 g/mol. The molecule has 0 radical (unpaired) electrons. The Bertz CT molecular complexity index is 438. The molecular formula is C11H14F2N2O3. The molecule has 7 heteroatoms. The zero-order valence-corrected chi connectivity index (χ0v) is 9.82. The number of rotatable bonds is 6. The normalized spacial score (nSPS) is 11.6. The van der Waals surface area contributed by atoms with Gasteiger partial charge in [0.15, 0.2) is 0 Å². The van der Waals surface area contributed by atoms with Crippen molar-refractivity contribution in [3.8, 4) is 0 Å². The summed E-state index contributed by atoms with van der Waals surface area (Å²) in [7, 11) is 0. The summed E-state index contributed by atoms with van der Waals surface area (Å²) < 4.78 is 25.4. The molecule has 0 saturated carbocycles. The number of hydrogen-bond donors (Lipinski definition) is 2. The van der Waals surface area contributed by atoms with Crippen LogP contribution >= 0.6 is 0 Å². The summed E-state index contributed by atoms with van der Waals surface area (Å²) in [5.41, 5.74) is 1.02. The summed E-state index contributed by atoms with van der Waals surface area (Å²) in [6.45, 7) is -0.217. The van der Waals surface area contributed by atoms with Crippen LogP contribution in [0.25, 0.3) is 0 Å². The third-order valence-electron chi connectivity index (χ3n) is 2.41. The zero-order valence-electron chi connectivity index (χ0n) is 9.82. The van der Waals surface area contributed by atoms with Gasteiger partial charge in [0.2, 0.25) is 0 Å².